The molecule has 1 aromatic rings. The lowest BCUT2D eigenvalue weighted by atomic mass is 10.1. The highest BCUT2D eigenvalue weighted by Crippen LogP contribution is 2.20. The fraction of sp³-hybridized carbons (Fsp3) is 0.357. The summed E-state index contributed by atoms with van der Waals surface area (Å²) in [7, 11) is -3.49. The Bertz CT molecular complexity index is 633. The van der Waals surface area contributed by atoms with Crippen LogP contribution < -0.4 is 9.44 Å². The van der Waals surface area contributed by atoms with Gasteiger partial charge in [-0.05, 0) is 37.0 Å². The summed E-state index contributed by atoms with van der Waals surface area (Å²) in [6, 6.07) is 6.73. The summed E-state index contributed by atoms with van der Waals surface area (Å²) < 4.78 is 28.7. The monoisotopic (exact) mass is 310 g/mol. The number of hydrogen-bond acceptors (Lipinski definition) is 3. The van der Waals surface area contributed by atoms with Gasteiger partial charge in [0.1, 0.15) is 0 Å². The standard InChI is InChI=1S/C14H18N2O4S/c1-10(15-21(19,20)16-13-7-8-13)12-5-2-11(3-6-12)4-9-14(17)18/h2-6,9-10,13,15-16H,7-8H2,1H3,(H,17,18)/b9-4+. The molecule has 1 atom stereocenters. The zero-order valence-corrected chi connectivity index (χ0v) is 12.4. The summed E-state index contributed by atoms with van der Waals surface area (Å²) in [4.78, 5) is 10.4. The Labute approximate surface area is 124 Å². The van der Waals surface area contributed by atoms with Crippen molar-refractivity contribution >= 4 is 22.3 Å². The molecule has 0 radical (unpaired) electrons. The van der Waals surface area contributed by atoms with E-state index in [1.807, 2.05) is 0 Å². The fourth-order valence-corrected chi connectivity index (χ4v) is 3.16. The van der Waals surface area contributed by atoms with Gasteiger partial charge in [0.05, 0.1) is 0 Å². The second kappa shape index (κ2) is 6.38. The first kappa shape index (κ1) is 15.7. The second-order valence-corrected chi connectivity index (χ2v) is 6.55. The van der Waals surface area contributed by atoms with Crippen molar-refractivity contribution in [3.05, 3.63) is 41.5 Å². The average molecular weight is 310 g/mol. The number of carboxylic acid groups (broad SMARTS) is 1. The smallest absolute Gasteiger partial charge is 0.328 e. The highest BCUT2D eigenvalue weighted by Gasteiger charge is 2.27. The number of aliphatic carboxylic acids is 1. The molecular formula is C14H18N2O4S. The van der Waals surface area contributed by atoms with Gasteiger partial charge < -0.3 is 5.11 Å². The molecule has 1 unspecified atom stereocenters. The van der Waals surface area contributed by atoms with E-state index in [0.717, 1.165) is 30.0 Å². The van der Waals surface area contributed by atoms with Gasteiger partial charge in [-0.3, -0.25) is 0 Å². The average Bonchev–Trinajstić information content (AvgIpc) is 3.19. The van der Waals surface area contributed by atoms with E-state index in [9.17, 15) is 13.2 Å². The Morgan fingerprint density at radius 3 is 2.48 bits per heavy atom. The van der Waals surface area contributed by atoms with E-state index in [0.29, 0.717) is 0 Å². The predicted molar refractivity (Wildman–Crippen MR) is 79.7 cm³/mol. The molecule has 1 aromatic carbocycles. The number of benzene rings is 1. The van der Waals surface area contributed by atoms with Crippen molar-refractivity contribution < 1.29 is 18.3 Å². The van der Waals surface area contributed by atoms with Gasteiger partial charge in [0.25, 0.3) is 10.2 Å². The van der Waals surface area contributed by atoms with Crippen LogP contribution in [0.25, 0.3) is 6.08 Å². The zero-order valence-electron chi connectivity index (χ0n) is 11.6. The third-order valence-electron chi connectivity index (χ3n) is 3.09. The van der Waals surface area contributed by atoms with Crippen LogP contribution in [0.3, 0.4) is 0 Å². The maximum absolute atomic E-state index is 11.8. The molecular weight excluding hydrogens is 292 g/mol. The third kappa shape index (κ3) is 5.30. The molecule has 0 bridgehead atoms. The van der Waals surface area contributed by atoms with E-state index in [2.05, 4.69) is 9.44 Å². The molecule has 7 heteroatoms. The van der Waals surface area contributed by atoms with Crippen LogP contribution in [0.2, 0.25) is 0 Å². The molecule has 1 aliphatic carbocycles. The van der Waals surface area contributed by atoms with Gasteiger partial charge in [0.15, 0.2) is 0 Å². The van der Waals surface area contributed by atoms with Crippen LogP contribution in [0.5, 0.6) is 0 Å². The quantitative estimate of drug-likeness (QED) is 0.664. The number of carboxylic acids is 1. The van der Waals surface area contributed by atoms with Crippen LogP contribution in [0, 0.1) is 0 Å². The minimum absolute atomic E-state index is 0.0678. The first-order valence-electron chi connectivity index (χ1n) is 6.66. The summed E-state index contributed by atoms with van der Waals surface area (Å²) >= 11 is 0. The van der Waals surface area contributed by atoms with Crippen molar-refractivity contribution in [1.29, 1.82) is 0 Å². The van der Waals surface area contributed by atoms with Crippen LogP contribution in [0.15, 0.2) is 30.3 Å². The lowest BCUT2D eigenvalue weighted by Crippen LogP contribution is -2.39. The van der Waals surface area contributed by atoms with E-state index in [4.69, 9.17) is 5.11 Å². The number of nitrogens with one attached hydrogen (secondary N) is 2. The van der Waals surface area contributed by atoms with Crippen LogP contribution >= 0.6 is 0 Å². The van der Waals surface area contributed by atoms with Crippen molar-refractivity contribution in [2.75, 3.05) is 0 Å². The summed E-state index contributed by atoms with van der Waals surface area (Å²) in [5.41, 5.74) is 1.55. The van der Waals surface area contributed by atoms with Crippen LogP contribution in [0.4, 0.5) is 0 Å². The first-order chi connectivity index (χ1) is 9.85. The molecule has 21 heavy (non-hydrogen) atoms. The molecule has 1 aliphatic rings. The highest BCUT2D eigenvalue weighted by atomic mass is 32.2. The van der Waals surface area contributed by atoms with E-state index in [1.165, 1.54) is 6.08 Å². The van der Waals surface area contributed by atoms with Crippen molar-refractivity contribution in [3.8, 4) is 0 Å². The van der Waals surface area contributed by atoms with Crippen molar-refractivity contribution in [2.24, 2.45) is 0 Å². The minimum Gasteiger partial charge on any atom is -0.478 e. The van der Waals surface area contributed by atoms with E-state index in [1.54, 1.807) is 31.2 Å². The summed E-state index contributed by atoms with van der Waals surface area (Å²) in [6.45, 7) is 1.76. The van der Waals surface area contributed by atoms with Gasteiger partial charge in [0, 0.05) is 18.2 Å². The van der Waals surface area contributed by atoms with E-state index in [-0.39, 0.29) is 12.1 Å². The van der Waals surface area contributed by atoms with Crippen LogP contribution in [0.1, 0.15) is 36.9 Å². The van der Waals surface area contributed by atoms with Gasteiger partial charge in [-0.1, -0.05) is 24.3 Å². The third-order valence-corrected chi connectivity index (χ3v) is 4.39. The maximum atomic E-state index is 11.8. The Hall–Kier alpha value is -1.70. The Morgan fingerprint density at radius 2 is 1.95 bits per heavy atom. The second-order valence-electron chi connectivity index (χ2n) is 5.07. The molecule has 0 saturated heterocycles. The molecule has 1 fully saturated rings. The van der Waals surface area contributed by atoms with E-state index < -0.39 is 16.2 Å². The minimum atomic E-state index is -3.49. The summed E-state index contributed by atoms with van der Waals surface area (Å²) in [6.07, 6.45) is 4.32. The van der Waals surface area contributed by atoms with Gasteiger partial charge in [-0.15, -0.1) is 0 Å². The Balaban J connectivity index is 1.98. The largest absolute Gasteiger partial charge is 0.478 e. The number of hydrogen-bond donors (Lipinski definition) is 3. The molecule has 0 aliphatic heterocycles. The molecule has 0 amide bonds. The first-order valence-corrected chi connectivity index (χ1v) is 8.14. The van der Waals surface area contributed by atoms with Crippen LogP contribution in [-0.4, -0.2) is 25.5 Å². The molecule has 114 valence electrons. The lowest BCUT2D eigenvalue weighted by molar-refractivity contribution is -0.131. The lowest BCUT2D eigenvalue weighted by Gasteiger charge is -2.15. The van der Waals surface area contributed by atoms with Crippen molar-refractivity contribution in [2.45, 2.75) is 31.8 Å². The normalized spacial score (nSPS) is 17.0. The number of rotatable bonds is 7. The maximum Gasteiger partial charge on any atom is 0.328 e. The molecule has 0 spiro atoms. The van der Waals surface area contributed by atoms with Gasteiger partial charge in [-0.2, -0.15) is 17.9 Å². The Morgan fingerprint density at radius 1 is 1.33 bits per heavy atom. The Kier molecular flexibility index (Phi) is 4.76. The van der Waals surface area contributed by atoms with Gasteiger partial charge in [-0.25, -0.2) is 4.79 Å². The molecule has 3 N–H and O–H groups in total. The summed E-state index contributed by atoms with van der Waals surface area (Å²) in [5, 5.41) is 8.55. The zero-order chi connectivity index (χ0) is 15.5. The molecule has 0 aromatic heterocycles. The van der Waals surface area contributed by atoms with Crippen molar-refractivity contribution in [3.63, 3.8) is 0 Å². The van der Waals surface area contributed by atoms with E-state index >= 15 is 0 Å². The van der Waals surface area contributed by atoms with Crippen molar-refractivity contribution in [1.82, 2.24) is 9.44 Å². The van der Waals surface area contributed by atoms with Gasteiger partial charge in [0.2, 0.25) is 0 Å². The topological polar surface area (TPSA) is 95.5 Å². The molecule has 6 nitrogen and oxygen atoms in total. The van der Waals surface area contributed by atoms with Crippen LogP contribution in [-0.2, 0) is 15.0 Å². The molecule has 1 saturated carbocycles. The molecule has 0 heterocycles. The van der Waals surface area contributed by atoms with Gasteiger partial charge >= 0.3 is 5.97 Å². The summed E-state index contributed by atoms with van der Waals surface area (Å²) in [5.74, 6) is -1.01. The fourth-order valence-electron chi connectivity index (χ4n) is 1.82. The SMILES string of the molecule is CC(NS(=O)(=O)NC1CC1)c1ccc(/C=C/C(=O)O)cc1. The highest BCUT2D eigenvalue weighted by molar-refractivity contribution is 7.87. The number of carbonyl (C=O) groups is 1. The molecule has 2 rings (SSSR count). The predicted octanol–water partition coefficient (Wildman–Crippen LogP) is 1.43.